The van der Waals surface area contributed by atoms with Crippen LogP contribution in [-0.2, 0) is 10.0 Å². The highest BCUT2D eigenvalue weighted by molar-refractivity contribution is 7.89. The Hall–Kier alpha value is -2.69. The number of rotatable bonds is 3. The molecule has 0 aliphatic carbocycles. The third-order valence-corrected chi connectivity index (χ3v) is 4.08. The topological polar surface area (TPSA) is 113 Å². The van der Waals surface area contributed by atoms with Gasteiger partial charge in [-0.1, -0.05) is 6.07 Å². The summed E-state index contributed by atoms with van der Waals surface area (Å²) in [5.74, 6) is -0.409. The van der Waals surface area contributed by atoms with E-state index < -0.39 is 15.9 Å². The zero-order valence-corrected chi connectivity index (χ0v) is 12.5. The van der Waals surface area contributed by atoms with Crippen LogP contribution in [0.4, 0.5) is 5.69 Å². The molecular weight excluding hydrogens is 302 g/mol. The van der Waals surface area contributed by atoms with Crippen molar-refractivity contribution in [2.45, 2.75) is 11.8 Å². The molecule has 0 aliphatic rings. The van der Waals surface area contributed by atoms with Gasteiger partial charge in [0.2, 0.25) is 10.0 Å². The average molecular weight is 315 g/mol. The number of benzene rings is 2. The van der Waals surface area contributed by atoms with E-state index in [1.807, 2.05) is 6.07 Å². The first-order valence-corrected chi connectivity index (χ1v) is 7.81. The number of carbonyl (C=O) groups is 1. The number of nitrogens with one attached hydrogen (secondary N) is 1. The van der Waals surface area contributed by atoms with Crippen molar-refractivity contribution < 1.29 is 13.2 Å². The lowest BCUT2D eigenvalue weighted by Crippen LogP contribution is -2.16. The molecular formula is C15H13N3O3S. The van der Waals surface area contributed by atoms with Crippen molar-refractivity contribution in [3.63, 3.8) is 0 Å². The number of nitrogens with zero attached hydrogens (tertiary/aromatic N) is 1. The van der Waals surface area contributed by atoms with Crippen LogP contribution in [0.25, 0.3) is 0 Å². The van der Waals surface area contributed by atoms with E-state index >= 15 is 0 Å². The third kappa shape index (κ3) is 3.49. The van der Waals surface area contributed by atoms with Crippen LogP contribution < -0.4 is 10.5 Å². The third-order valence-electron chi connectivity index (χ3n) is 3.03. The molecule has 6 nitrogen and oxygen atoms in total. The maximum absolute atomic E-state index is 12.1. The summed E-state index contributed by atoms with van der Waals surface area (Å²) in [4.78, 5) is 12.0. The summed E-state index contributed by atoms with van der Waals surface area (Å²) in [5, 5.41) is 16.4. The number of hydrogen-bond donors (Lipinski definition) is 2. The molecule has 0 heterocycles. The second-order valence-corrected chi connectivity index (χ2v) is 6.20. The second-order valence-electron chi connectivity index (χ2n) is 4.67. The number of amides is 1. The number of hydrogen-bond acceptors (Lipinski definition) is 4. The van der Waals surface area contributed by atoms with Gasteiger partial charge in [-0.25, -0.2) is 13.6 Å². The molecule has 0 aliphatic heterocycles. The van der Waals surface area contributed by atoms with E-state index in [1.54, 1.807) is 19.1 Å². The number of sulfonamides is 1. The quantitative estimate of drug-likeness (QED) is 0.898. The summed E-state index contributed by atoms with van der Waals surface area (Å²) in [6, 6.07) is 12.5. The predicted octanol–water partition coefficient (Wildman–Crippen LogP) is 1.77. The van der Waals surface area contributed by atoms with Crippen LogP contribution in [0.3, 0.4) is 0 Å². The maximum atomic E-state index is 12.1. The van der Waals surface area contributed by atoms with E-state index in [2.05, 4.69) is 5.32 Å². The van der Waals surface area contributed by atoms with Gasteiger partial charge in [-0.05, 0) is 48.9 Å². The van der Waals surface area contributed by atoms with Crippen molar-refractivity contribution in [1.82, 2.24) is 0 Å². The molecule has 0 saturated heterocycles. The van der Waals surface area contributed by atoms with E-state index in [4.69, 9.17) is 10.4 Å². The maximum Gasteiger partial charge on any atom is 0.255 e. The number of primary sulfonamides is 1. The lowest BCUT2D eigenvalue weighted by molar-refractivity contribution is 0.102. The van der Waals surface area contributed by atoms with Gasteiger partial charge in [0.05, 0.1) is 16.5 Å². The number of anilines is 1. The SMILES string of the molecule is Cc1ccc(NC(=O)c2ccc(C#N)cc2)cc1S(N)(=O)=O. The lowest BCUT2D eigenvalue weighted by atomic mass is 10.1. The van der Waals surface area contributed by atoms with Crippen molar-refractivity contribution in [2.24, 2.45) is 5.14 Å². The zero-order chi connectivity index (χ0) is 16.3. The van der Waals surface area contributed by atoms with Gasteiger partial charge in [0, 0.05) is 11.3 Å². The standard InChI is InChI=1S/C15H13N3O3S/c1-10-2-7-13(8-14(10)22(17,20)21)18-15(19)12-5-3-11(9-16)4-6-12/h2-8H,1H3,(H,18,19)(H2,17,20,21). The molecule has 0 bridgehead atoms. The molecule has 0 aromatic heterocycles. The minimum Gasteiger partial charge on any atom is -0.322 e. The van der Waals surface area contributed by atoms with Crippen LogP contribution in [0.1, 0.15) is 21.5 Å². The van der Waals surface area contributed by atoms with Crippen LogP contribution in [0, 0.1) is 18.3 Å². The number of nitrogens with two attached hydrogens (primary N) is 1. The summed E-state index contributed by atoms with van der Waals surface area (Å²) in [7, 11) is -3.85. The highest BCUT2D eigenvalue weighted by atomic mass is 32.2. The summed E-state index contributed by atoms with van der Waals surface area (Å²) in [6.45, 7) is 1.62. The van der Waals surface area contributed by atoms with Gasteiger partial charge in [0.25, 0.3) is 5.91 Å². The van der Waals surface area contributed by atoms with Crippen molar-refractivity contribution in [2.75, 3.05) is 5.32 Å². The molecule has 0 saturated carbocycles. The Kier molecular flexibility index (Phi) is 4.26. The molecule has 0 atom stereocenters. The molecule has 0 unspecified atom stereocenters. The molecule has 0 fully saturated rings. The van der Waals surface area contributed by atoms with Crippen LogP contribution in [0.2, 0.25) is 0 Å². The van der Waals surface area contributed by atoms with Crippen LogP contribution >= 0.6 is 0 Å². The van der Waals surface area contributed by atoms with E-state index in [-0.39, 0.29) is 4.90 Å². The van der Waals surface area contributed by atoms with Gasteiger partial charge < -0.3 is 5.32 Å². The minimum atomic E-state index is -3.85. The van der Waals surface area contributed by atoms with Crippen LogP contribution in [-0.4, -0.2) is 14.3 Å². The fourth-order valence-electron chi connectivity index (χ4n) is 1.88. The Morgan fingerprint density at radius 3 is 2.36 bits per heavy atom. The number of carbonyl (C=O) groups excluding carboxylic acids is 1. The highest BCUT2D eigenvalue weighted by Gasteiger charge is 2.13. The molecule has 2 aromatic carbocycles. The fourth-order valence-corrected chi connectivity index (χ4v) is 2.69. The van der Waals surface area contributed by atoms with Crippen molar-refractivity contribution in [1.29, 1.82) is 5.26 Å². The molecule has 3 N–H and O–H groups in total. The predicted molar refractivity (Wildman–Crippen MR) is 81.7 cm³/mol. The monoisotopic (exact) mass is 315 g/mol. The van der Waals surface area contributed by atoms with Gasteiger partial charge in [0.1, 0.15) is 0 Å². The highest BCUT2D eigenvalue weighted by Crippen LogP contribution is 2.19. The van der Waals surface area contributed by atoms with Gasteiger partial charge >= 0.3 is 0 Å². The Morgan fingerprint density at radius 1 is 1.18 bits per heavy atom. The molecule has 2 aromatic rings. The zero-order valence-electron chi connectivity index (χ0n) is 11.7. The average Bonchev–Trinajstić information content (AvgIpc) is 2.48. The minimum absolute atomic E-state index is 0.0369. The Labute approximate surface area is 128 Å². The lowest BCUT2D eigenvalue weighted by Gasteiger charge is -2.09. The van der Waals surface area contributed by atoms with E-state index in [9.17, 15) is 13.2 Å². The van der Waals surface area contributed by atoms with E-state index in [0.29, 0.717) is 22.4 Å². The van der Waals surface area contributed by atoms with Gasteiger partial charge in [-0.15, -0.1) is 0 Å². The summed E-state index contributed by atoms with van der Waals surface area (Å²) >= 11 is 0. The molecule has 2 rings (SSSR count). The molecule has 0 radical (unpaired) electrons. The largest absolute Gasteiger partial charge is 0.322 e. The smallest absolute Gasteiger partial charge is 0.255 e. The van der Waals surface area contributed by atoms with Gasteiger partial charge in [-0.2, -0.15) is 5.26 Å². The molecule has 22 heavy (non-hydrogen) atoms. The Balaban J connectivity index is 2.27. The second kappa shape index (κ2) is 5.97. The van der Waals surface area contributed by atoms with E-state index in [0.717, 1.165) is 0 Å². The molecule has 1 amide bonds. The first-order valence-electron chi connectivity index (χ1n) is 6.26. The summed E-state index contributed by atoms with van der Waals surface area (Å²) < 4.78 is 22.9. The number of aryl methyl sites for hydroxylation is 1. The van der Waals surface area contributed by atoms with Gasteiger partial charge in [0.15, 0.2) is 0 Å². The number of nitriles is 1. The van der Waals surface area contributed by atoms with Crippen LogP contribution in [0.15, 0.2) is 47.4 Å². The molecule has 0 spiro atoms. The molecule has 112 valence electrons. The van der Waals surface area contributed by atoms with Crippen LogP contribution in [0.5, 0.6) is 0 Å². The van der Waals surface area contributed by atoms with Crippen molar-refractivity contribution >= 4 is 21.6 Å². The Morgan fingerprint density at radius 2 is 1.82 bits per heavy atom. The first kappa shape index (κ1) is 15.7. The van der Waals surface area contributed by atoms with E-state index in [1.165, 1.54) is 30.3 Å². The first-order chi connectivity index (χ1) is 10.3. The fraction of sp³-hybridized carbons (Fsp3) is 0.0667. The summed E-state index contributed by atoms with van der Waals surface area (Å²) in [5.41, 5.74) is 1.63. The van der Waals surface area contributed by atoms with Crippen molar-refractivity contribution in [3.8, 4) is 6.07 Å². The summed E-state index contributed by atoms with van der Waals surface area (Å²) in [6.07, 6.45) is 0. The molecule has 7 heteroatoms. The normalized spacial score (nSPS) is 10.8. The van der Waals surface area contributed by atoms with Gasteiger partial charge in [-0.3, -0.25) is 4.79 Å². The Bertz CT molecular complexity index is 866. The van der Waals surface area contributed by atoms with Crippen molar-refractivity contribution in [3.05, 3.63) is 59.2 Å².